The van der Waals surface area contributed by atoms with Crippen molar-refractivity contribution in [1.82, 2.24) is 4.90 Å². The van der Waals surface area contributed by atoms with Crippen molar-refractivity contribution in [2.75, 3.05) is 26.5 Å². The fourth-order valence-electron chi connectivity index (χ4n) is 1.74. The van der Waals surface area contributed by atoms with Crippen LogP contribution in [0.15, 0.2) is 0 Å². The lowest BCUT2D eigenvalue weighted by Gasteiger charge is -2.30. The Morgan fingerprint density at radius 2 is 1.91 bits per heavy atom. The van der Waals surface area contributed by atoms with Crippen LogP contribution in [0.2, 0.25) is 0 Å². The van der Waals surface area contributed by atoms with Gasteiger partial charge in [-0.2, -0.15) is 0 Å². The minimum atomic E-state index is 0.260. The predicted octanol–water partition coefficient (Wildman–Crippen LogP) is 0.803. The van der Waals surface area contributed by atoms with Crippen LogP contribution in [0.25, 0.3) is 0 Å². The molecule has 11 heavy (non-hydrogen) atoms. The van der Waals surface area contributed by atoms with Crippen molar-refractivity contribution in [3.8, 4) is 0 Å². The molecule has 0 aromatic heterocycles. The summed E-state index contributed by atoms with van der Waals surface area (Å²) in [6.07, 6.45) is 4.28. The van der Waals surface area contributed by atoms with E-state index in [1.54, 1.807) is 0 Å². The van der Waals surface area contributed by atoms with E-state index in [1.165, 1.54) is 32.4 Å². The smallest absolute Gasteiger partial charge is 0.149 e. The molecule has 1 unspecified atom stereocenters. The first-order valence-corrected chi connectivity index (χ1v) is 4.40. The van der Waals surface area contributed by atoms with Crippen molar-refractivity contribution in [2.24, 2.45) is 0 Å². The summed E-state index contributed by atoms with van der Waals surface area (Å²) in [7, 11) is 0. The molecule has 0 amide bonds. The van der Waals surface area contributed by atoms with Gasteiger partial charge in [0.15, 0.2) is 0 Å². The van der Waals surface area contributed by atoms with Gasteiger partial charge in [0.05, 0.1) is 6.61 Å². The first-order valence-electron chi connectivity index (χ1n) is 4.40. The quantitative estimate of drug-likeness (QED) is 0.562. The average Bonchev–Trinajstić information content (AvgIpc) is 2.58. The Morgan fingerprint density at radius 1 is 1.09 bits per heavy atom. The van der Waals surface area contributed by atoms with Crippen molar-refractivity contribution in [3.63, 3.8) is 0 Å². The molecule has 0 aliphatic carbocycles. The highest BCUT2D eigenvalue weighted by molar-refractivity contribution is 4.69. The van der Waals surface area contributed by atoms with E-state index < -0.39 is 0 Å². The zero-order chi connectivity index (χ0) is 7.52. The van der Waals surface area contributed by atoms with Crippen LogP contribution in [-0.2, 0) is 9.47 Å². The molecule has 3 heteroatoms. The fraction of sp³-hybridized carbons (Fsp3) is 1.00. The number of piperidine rings is 1. The van der Waals surface area contributed by atoms with Gasteiger partial charge in [0.2, 0.25) is 0 Å². The lowest BCUT2D eigenvalue weighted by Crippen LogP contribution is -2.40. The highest BCUT2D eigenvalue weighted by Gasteiger charge is 2.24. The van der Waals surface area contributed by atoms with Crippen LogP contribution in [0.4, 0.5) is 0 Å². The second-order valence-electron chi connectivity index (χ2n) is 3.21. The summed E-state index contributed by atoms with van der Waals surface area (Å²) in [4.78, 5) is 2.39. The highest BCUT2D eigenvalue weighted by Crippen LogP contribution is 2.15. The number of hydrogen-bond donors (Lipinski definition) is 0. The SMILES string of the molecule is C1CCN(C2COCO2)CC1. The van der Waals surface area contributed by atoms with Gasteiger partial charge in [0.25, 0.3) is 0 Å². The molecule has 2 rings (SSSR count). The summed E-state index contributed by atoms with van der Waals surface area (Å²) in [6.45, 7) is 3.63. The third-order valence-electron chi connectivity index (χ3n) is 2.40. The molecule has 0 radical (unpaired) electrons. The van der Waals surface area contributed by atoms with Crippen molar-refractivity contribution >= 4 is 0 Å². The maximum atomic E-state index is 5.40. The number of likely N-dealkylation sites (tertiary alicyclic amines) is 1. The molecular weight excluding hydrogens is 142 g/mol. The van der Waals surface area contributed by atoms with Gasteiger partial charge in [0, 0.05) is 13.1 Å². The second-order valence-corrected chi connectivity index (χ2v) is 3.21. The van der Waals surface area contributed by atoms with Gasteiger partial charge in [-0.25, -0.2) is 0 Å². The van der Waals surface area contributed by atoms with Crippen molar-refractivity contribution in [3.05, 3.63) is 0 Å². The first-order chi connectivity index (χ1) is 5.47. The molecule has 0 aromatic rings. The average molecular weight is 157 g/mol. The Hall–Kier alpha value is -0.120. The third-order valence-corrected chi connectivity index (χ3v) is 2.40. The number of nitrogens with zero attached hydrogens (tertiary/aromatic N) is 1. The van der Waals surface area contributed by atoms with E-state index in [0.717, 1.165) is 6.61 Å². The summed E-state index contributed by atoms with van der Waals surface area (Å²) in [5.74, 6) is 0. The van der Waals surface area contributed by atoms with Gasteiger partial charge in [-0.3, -0.25) is 4.90 Å². The summed E-state index contributed by atoms with van der Waals surface area (Å²) < 4.78 is 10.5. The van der Waals surface area contributed by atoms with E-state index in [-0.39, 0.29) is 6.23 Å². The monoisotopic (exact) mass is 157 g/mol. The summed E-state index contributed by atoms with van der Waals surface area (Å²) in [6, 6.07) is 0. The van der Waals surface area contributed by atoms with Gasteiger partial charge < -0.3 is 9.47 Å². The highest BCUT2D eigenvalue weighted by atomic mass is 16.7. The molecule has 2 aliphatic rings. The predicted molar refractivity (Wildman–Crippen MR) is 41.1 cm³/mol. The Balaban J connectivity index is 1.82. The molecular formula is C8H15NO2. The maximum absolute atomic E-state index is 5.40. The molecule has 2 fully saturated rings. The lowest BCUT2D eigenvalue weighted by atomic mass is 10.1. The topological polar surface area (TPSA) is 21.7 Å². The van der Waals surface area contributed by atoms with Crippen LogP contribution < -0.4 is 0 Å². The standard InChI is InChI=1S/C8H15NO2/c1-2-4-9(5-3-1)8-6-10-7-11-8/h8H,1-7H2. The molecule has 3 nitrogen and oxygen atoms in total. The first kappa shape index (κ1) is 7.53. The molecule has 0 spiro atoms. The van der Waals surface area contributed by atoms with E-state index in [1.807, 2.05) is 0 Å². The molecule has 1 atom stereocenters. The molecule has 0 N–H and O–H groups in total. The Kier molecular flexibility index (Phi) is 2.41. The van der Waals surface area contributed by atoms with E-state index >= 15 is 0 Å². The van der Waals surface area contributed by atoms with E-state index in [2.05, 4.69) is 4.90 Å². The van der Waals surface area contributed by atoms with Crippen molar-refractivity contribution in [2.45, 2.75) is 25.5 Å². The second kappa shape index (κ2) is 3.52. The Bertz CT molecular complexity index is 117. The Labute approximate surface area is 67.3 Å². The lowest BCUT2D eigenvalue weighted by molar-refractivity contribution is -0.0322. The molecule has 2 saturated heterocycles. The summed E-state index contributed by atoms with van der Waals surface area (Å²) >= 11 is 0. The van der Waals surface area contributed by atoms with Crippen LogP contribution in [-0.4, -0.2) is 37.6 Å². The molecule has 0 bridgehead atoms. The van der Waals surface area contributed by atoms with E-state index in [9.17, 15) is 0 Å². The van der Waals surface area contributed by atoms with Gasteiger partial charge in [-0.05, 0) is 12.8 Å². The summed E-state index contributed by atoms with van der Waals surface area (Å²) in [5, 5.41) is 0. The number of hydrogen-bond acceptors (Lipinski definition) is 3. The molecule has 2 heterocycles. The zero-order valence-electron chi connectivity index (χ0n) is 6.79. The van der Waals surface area contributed by atoms with E-state index in [0.29, 0.717) is 6.79 Å². The molecule has 0 aromatic carbocycles. The van der Waals surface area contributed by atoms with Crippen LogP contribution >= 0.6 is 0 Å². The van der Waals surface area contributed by atoms with E-state index in [4.69, 9.17) is 9.47 Å². The third kappa shape index (κ3) is 1.72. The largest absolute Gasteiger partial charge is 0.351 e. The van der Waals surface area contributed by atoms with Crippen LogP contribution in [0, 0.1) is 0 Å². The minimum absolute atomic E-state index is 0.260. The fourth-order valence-corrected chi connectivity index (χ4v) is 1.74. The molecule has 2 aliphatic heterocycles. The van der Waals surface area contributed by atoms with Gasteiger partial charge in [0.1, 0.15) is 13.0 Å². The summed E-state index contributed by atoms with van der Waals surface area (Å²) in [5.41, 5.74) is 0. The van der Waals surface area contributed by atoms with Crippen LogP contribution in [0.3, 0.4) is 0 Å². The van der Waals surface area contributed by atoms with Crippen LogP contribution in [0.5, 0.6) is 0 Å². The molecule has 0 saturated carbocycles. The van der Waals surface area contributed by atoms with Crippen molar-refractivity contribution in [1.29, 1.82) is 0 Å². The van der Waals surface area contributed by atoms with Gasteiger partial charge in [-0.1, -0.05) is 6.42 Å². The van der Waals surface area contributed by atoms with Gasteiger partial charge in [-0.15, -0.1) is 0 Å². The molecule has 64 valence electrons. The Morgan fingerprint density at radius 3 is 2.55 bits per heavy atom. The number of rotatable bonds is 1. The van der Waals surface area contributed by atoms with Crippen LogP contribution in [0.1, 0.15) is 19.3 Å². The van der Waals surface area contributed by atoms with Gasteiger partial charge >= 0.3 is 0 Å². The zero-order valence-corrected chi connectivity index (χ0v) is 6.79. The van der Waals surface area contributed by atoms with Crippen molar-refractivity contribution < 1.29 is 9.47 Å². The normalized spacial score (nSPS) is 34.4. The minimum Gasteiger partial charge on any atom is -0.351 e. The number of ether oxygens (including phenoxy) is 2. The maximum Gasteiger partial charge on any atom is 0.149 e.